The Morgan fingerprint density at radius 1 is 1.28 bits per heavy atom. The van der Waals surface area contributed by atoms with Crippen molar-refractivity contribution in [1.29, 1.82) is 0 Å². The molecule has 0 aromatic heterocycles. The van der Waals surface area contributed by atoms with E-state index in [4.69, 9.17) is 9.84 Å². The van der Waals surface area contributed by atoms with Crippen LogP contribution in [0.2, 0.25) is 0 Å². The van der Waals surface area contributed by atoms with Crippen LogP contribution in [0.25, 0.3) is 0 Å². The van der Waals surface area contributed by atoms with E-state index in [0.29, 0.717) is 13.0 Å². The predicted octanol–water partition coefficient (Wildman–Crippen LogP) is 2.75. The van der Waals surface area contributed by atoms with Crippen molar-refractivity contribution in [1.82, 2.24) is 0 Å². The highest BCUT2D eigenvalue weighted by Crippen LogP contribution is 2.34. The molecule has 1 aromatic carbocycles. The normalized spacial score (nSPS) is 23.2. The summed E-state index contributed by atoms with van der Waals surface area (Å²) in [4.78, 5) is 12.3. The molecule has 0 radical (unpaired) electrons. The highest BCUT2D eigenvalue weighted by Gasteiger charge is 2.39. The molecule has 6 heteroatoms. The third-order valence-corrected chi connectivity index (χ3v) is 6.41. The van der Waals surface area contributed by atoms with Crippen LogP contribution < -0.4 is 0 Å². The molecule has 0 amide bonds. The Morgan fingerprint density at radius 2 is 2.07 bits per heavy atom. The zero-order valence-corrected chi connectivity index (χ0v) is 18.0. The van der Waals surface area contributed by atoms with Crippen LogP contribution in [-0.2, 0) is 22.6 Å². The summed E-state index contributed by atoms with van der Waals surface area (Å²) in [6, 6.07) is 7.93. The number of thioether (sulfide) groups is 1. The van der Waals surface area contributed by atoms with Gasteiger partial charge in [0.1, 0.15) is 5.78 Å². The molecule has 3 N–H and O–H groups in total. The zero-order chi connectivity index (χ0) is 21.1. The van der Waals surface area contributed by atoms with Crippen LogP contribution in [-0.4, -0.2) is 58.5 Å². The van der Waals surface area contributed by atoms with E-state index in [0.717, 1.165) is 41.9 Å². The average molecular weight is 423 g/mol. The van der Waals surface area contributed by atoms with Gasteiger partial charge in [0.05, 0.1) is 18.8 Å². The molecule has 0 spiro atoms. The molecule has 1 fully saturated rings. The summed E-state index contributed by atoms with van der Waals surface area (Å²) >= 11 is 1.79. The molecular weight excluding hydrogens is 388 g/mol. The number of hydrogen-bond donors (Lipinski definition) is 3. The lowest BCUT2D eigenvalue weighted by atomic mass is 9.91. The topological polar surface area (TPSA) is 87.0 Å². The largest absolute Gasteiger partial charge is 0.396 e. The van der Waals surface area contributed by atoms with E-state index in [9.17, 15) is 15.0 Å². The zero-order valence-electron chi connectivity index (χ0n) is 17.2. The minimum atomic E-state index is -0.666. The van der Waals surface area contributed by atoms with Crippen molar-refractivity contribution in [2.75, 3.05) is 25.2 Å². The molecule has 1 aliphatic carbocycles. The summed E-state index contributed by atoms with van der Waals surface area (Å²) in [5.74, 6) is 1.56. The maximum atomic E-state index is 12.3. The molecule has 2 rings (SSSR count). The lowest BCUT2D eigenvalue weighted by Gasteiger charge is -2.18. The van der Waals surface area contributed by atoms with Crippen molar-refractivity contribution >= 4 is 17.5 Å². The van der Waals surface area contributed by atoms with Gasteiger partial charge in [0.25, 0.3) is 0 Å². The molecule has 1 saturated carbocycles. The molecule has 5 nitrogen and oxygen atoms in total. The summed E-state index contributed by atoms with van der Waals surface area (Å²) in [6.07, 6.45) is 5.43. The monoisotopic (exact) mass is 422 g/mol. The van der Waals surface area contributed by atoms with Gasteiger partial charge in [-0.1, -0.05) is 36.4 Å². The minimum absolute atomic E-state index is 0.116. The van der Waals surface area contributed by atoms with E-state index in [2.05, 4.69) is 0 Å². The number of aliphatic hydroxyl groups is 3. The maximum absolute atomic E-state index is 12.3. The van der Waals surface area contributed by atoms with Crippen LogP contribution in [0.15, 0.2) is 36.4 Å². The van der Waals surface area contributed by atoms with Crippen LogP contribution in [0, 0.1) is 11.8 Å². The first kappa shape index (κ1) is 24.1. The van der Waals surface area contributed by atoms with E-state index in [-0.39, 0.29) is 30.6 Å². The number of carbonyl (C=O) groups excluding carboxylic acids is 1. The number of rotatable bonds is 13. The fourth-order valence-corrected chi connectivity index (χ4v) is 4.83. The quantitative estimate of drug-likeness (QED) is 0.335. The summed E-state index contributed by atoms with van der Waals surface area (Å²) < 4.78 is 5.15. The number of methoxy groups -OCH3 is 1. The Balaban J connectivity index is 1.86. The van der Waals surface area contributed by atoms with Crippen molar-refractivity contribution in [3.63, 3.8) is 0 Å². The Morgan fingerprint density at radius 3 is 2.83 bits per heavy atom. The van der Waals surface area contributed by atoms with Crippen molar-refractivity contribution < 1.29 is 24.9 Å². The van der Waals surface area contributed by atoms with Gasteiger partial charge in [-0.15, -0.1) is 0 Å². The Bertz CT molecular complexity index is 648. The standard InChI is InChI=1S/C23H34O5S/c1-28-16-18-6-4-5-17(13-18)14-19(25)7-8-20-21(23(27)15-22(20)26)9-12-29-11-3-2-10-24/h4-8,13,19-22,24-26H,2-3,9-12,14-16H2,1H3/b8-7+/t19-,20-,21-,22-/m1/s1. The first-order valence-corrected chi connectivity index (χ1v) is 11.5. The Kier molecular flexibility index (Phi) is 11.0. The smallest absolute Gasteiger partial charge is 0.139 e. The van der Waals surface area contributed by atoms with Gasteiger partial charge in [-0.2, -0.15) is 11.8 Å². The van der Waals surface area contributed by atoms with Crippen molar-refractivity contribution in [3.05, 3.63) is 47.5 Å². The fraction of sp³-hybridized carbons (Fsp3) is 0.609. The highest BCUT2D eigenvalue weighted by molar-refractivity contribution is 7.99. The number of hydrogen-bond acceptors (Lipinski definition) is 6. The highest BCUT2D eigenvalue weighted by atomic mass is 32.2. The van der Waals surface area contributed by atoms with E-state index in [1.165, 1.54) is 0 Å². The lowest BCUT2D eigenvalue weighted by Crippen LogP contribution is -2.20. The fourth-order valence-electron chi connectivity index (χ4n) is 3.80. The number of aliphatic hydroxyl groups excluding tert-OH is 3. The van der Waals surface area contributed by atoms with Gasteiger partial charge in [-0.25, -0.2) is 0 Å². The summed E-state index contributed by atoms with van der Waals surface area (Å²) in [5, 5.41) is 29.5. The molecule has 0 saturated heterocycles. The number of Topliss-reactive ketones (excluding diaryl/α,β-unsaturated/α-hetero) is 1. The Labute approximate surface area is 178 Å². The van der Waals surface area contributed by atoms with Crippen LogP contribution in [0.5, 0.6) is 0 Å². The second-order valence-electron chi connectivity index (χ2n) is 7.66. The van der Waals surface area contributed by atoms with Gasteiger partial charge in [0.15, 0.2) is 0 Å². The van der Waals surface area contributed by atoms with Gasteiger partial charge in [0, 0.05) is 38.4 Å². The van der Waals surface area contributed by atoms with Crippen LogP contribution in [0.3, 0.4) is 0 Å². The number of carbonyl (C=O) groups is 1. The lowest BCUT2D eigenvalue weighted by molar-refractivity contribution is -0.121. The molecular formula is C23H34O5S. The molecule has 1 aromatic rings. The van der Waals surface area contributed by atoms with E-state index in [1.807, 2.05) is 30.3 Å². The maximum Gasteiger partial charge on any atom is 0.139 e. The summed E-state index contributed by atoms with van der Waals surface area (Å²) in [7, 11) is 1.66. The van der Waals surface area contributed by atoms with Gasteiger partial charge >= 0.3 is 0 Å². The van der Waals surface area contributed by atoms with E-state index >= 15 is 0 Å². The number of ketones is 1. The van der Waals surface area contributed by atoms with Crippen LogP contribution in [0.4, 0.5) is 0 Å². The third kappa shape index (κ3) is 8.22. The van der Waals surface area contributed by atoms with Gasteiger partial charge in [-0.05, 0) is 41.9 Å². The minimum Gasteiger partial charge on any atom is -0.396 e. The number of benzene rings is 1. The first-order chi connectivity index (χ1) is 14.0. The first-order valence-electron chi connectivity index (χ1n) is 10.4. The molecule has 29 heavy (non-hydrogen) atoms. The van der Waals surface area contributed by atoms with Crippen LogP contribution in [0.1, 0.15) is 36.8 Å². The van der Waals surface area contributed by atoms with Crippen LogP contribution >= 0.6 is 11.8 Å². The molecule has 0 bridgehead atoms. The van der Waals surface area contributed by atoms with Crippen molar-refractivity contribution in [3.8, 4) is 0 Å². The summed E-state index contributed by atoms with van der Waals surface area (Å²) in [6.45, 7) is 0.760. The van der Waals surface area contributed by atoms with Gasteiger partial charge < -0.3 is 20.1 Å². The number of unbranched alkanes of at least 4 members (excludes halogenated alkanes) is 1. The van der Waals surface area contributed by atoms with Crippen molar-refractivity contribution in [2.24, 2.45) is 11.8 Å². The SMILES string of the molecule is COCc1cccc(C[C@H](O)/C=C/[C@H]2[C@H](O)CC(=O)[C@@H]2CCSCCCCO)c1. The Hall–Kier alpha value is -1.18. The molecule has 0 heterocycles. The second kappa shape index (κ2) is 13.2. The average Bonchev–Trinajstić information content (AvgIpc) is 2.96. The molecule has 0 unspecified atom stereocenters. The van der Waals surface area contributed by atoms with E-state index < -0.39 is 12.2 Å². The molecule has 162 valence electrons. The van der Waals surface area contributed by atoms with E-state index in [1.54, 1.807) is 24.9 Å². The number of ether oxygens (including phenoxy) is 1. The molecule has 4 atom stereocenters. The van der Waals surface area contributed by atoms with Gasteiger partial charge in [0.2, 0.25) is 0 Å². The van der Waals surface area contributed by atoms with Crippen molar-refractivity contribution in [2.45, 2.75) is 50.9 Å². The molecule has 0 aliphatic heterocycles. The third-order valence-electron chi connectivity index (χ3n) is 5.31. The molecule has 1 aliphatic rings. The predicted molar refractivity (Wildman–Crippen MR) is 117 cm³/mol. The second-order valence-corrected chi connectivity index (χ2v) is 8.89. The summed E-state index contributed by atoms with van der Waals surface area (Å²) in [5.41, 5.74) is 2.09. The van der Waals surface area contributed by atoms with Gasteiger partial charge in [-0.3, -0.25) is 4.79 Å².